The first-order chi connectivity index (χ1) is 18.7. The van der Waals surface area contributed by atoms with Crippen LogP contribution in [-0.4, -0.2) is 53.3 Å². The van der Waals surface area contributed by atoms with Gasteiger partial charge in [0.1, 0.15) is 23.5 Å². The van der Waals surface area contributed by atoms with Gasteiger partial charge in [0.25, 0.3) is 5.91 Å². The van der Waals surface area contributed by atoms with Gasteiger partial charge in [-0.3, -0.25) is 14.4 Å². The lowest BCUT2D eigenvalue weighted by Crippen LogP contribution is -2.51. The number of hydrogen-bond donors (Lipinski definition) is 3. The largest absolute Gasteiger partial charge is 0.497 e. The van der Waals surface area contributed by atoms with Crippen LogP contribution in [0.1, 0.15) is 42.7 Å². The Hall–Kier alpha value is -4.83. The van der Waals surface area contributed by atoms with Crippen molar-refractivity contribution < 1.29 is 19.1 Å². The minimum Gasteiger partial charge on any atom is -0.497 e. The number of carbonyl (C=O) groups excluding carboxylic acids is 3. The normalized spacial score (nSPS) is 20.4. The Morgan fingerprint density at radius 1 is 1.31 bits per heavy atom. The Balaban J connectivity index is 1.43. The molecule has 3 N–H and O–H groups in total. The summed E-state index contributed by atoms with van der Waals surface area (Å²) < 4.78 is 5.39. The van der Waals surface area contributed by atoms with Crippen molar-refractivity contribution in [3.8, 4) is 11.8 Å². The molecule has 10 heteroatoms. The number of aromatic nitrogens is 1. The van der Waals surface area contributed by atoms with E-state index in [1.807, 2.05) is 38.1 Å². The van der Waals surface area contributed by atoms with Crippen LogP contribution in [0.4, 0.5) is 11.4 Å². The molecule has 2 aliphatic rings. The summed E-state index contributed by atoms with van der Waals surface area (Å²) in [5.74, 6) is -0.604. The van der Waals surface area contributed by atoms with Gasteiger partial charge in [0.15, 0.2) is 5.69 Å². The van der Waals surface area contributed by atoms with Gasteiger partial charge in [-0.1, -0.05) is 32.0 Å². The highest BCUT2D eigenvalue weighted by Gasteiger charge is 2.56. The number of nitrogens with one attached hydrogen (secondary N) is 3. The van der Waals surface area contributed by atoms with Crippen molar-refractivity contribution in [3.63, 3.8) is 0 Å². The van der Waals surface area contributed by atoms with E-state index in [2.05, 4.69) is 26.5 Å². The fourth-order valence-electron chi connectivity index (χ4n) is 5.66. The second-order valence-corrected chi connectivity index (χ2v) is 10.5. The van der Waals surface area contributed by atoms with E-state index in [9.17, 15) is 19.6 Å². The number of hydrogen-bond acceptors (Lipinski definition) is 5. The lowest BCUT2D eigenvalue weighted by atomic mass is 9.80. The average Bonchev–Trinajstić information content (AvgIpc) is 3.61. The van der Waals surface area contributed by atoms with E-state index in [1.54, 1.807) is 18.2 Å². The first-order valence-corrected chi connectivity index (χ1v) is 12.7. The number of anilines is 1. The van der Waals surface area contributed by atoms with Gasteiger partial charge in [0.2, 0.25) is 11.8 Å². The maximum absolute atomic E-state index is 13.9. The molecule has 0 saturated carbocycles. The molecule has 0 bridgehead atoms. The Labute approximate surface area is 225 Å². The fraction of sp³-hybridized carbons (Fsp3) is 0.345. The summed E-state index contributed by atoms with van der Waals surface area (Å²) in [6.45, 7) is 11.2. The molecule has 0 aliphatic carbocycles. The van der Waals surface area contributed by atoms with Crippen LogP contribution >= 0.6 is 0 Å². The molecule has 1 fully saturated rings. The third kappa shape index (κ3) is 4.34. The van der Waals surface area contributed by atoms with Crippen molar-refractivity contribution in [2.24, 2.45) is 5.92 Å². The van der Waals surface area contributed by atoms with E-state index in [-0.39, 0.29) is 30.5 Å². The molecule has 5 rings (SSSR count). The summed E-state index contributed by atoms with van der Waals surface area (Å²) in [6.07, 6.45) is 0.534. The van der Waals surface area contributed by atoms with E-state index in [1.165, 1.54) is 12.0 Å². The van der Waals surface area contributed by atoms with E-state index in [0.717, 1.165) is 5.56 Å². The maximum Gasteiger partial charge on any atom is 0.268 e. The van der Waals surface area contributed by atoms with E-state index >= 15 is 0 Å². The highest BCUT2D eigenvalue weighted by molar-refractivity contribution is 6.07. The number of amides is 3. The molecule has 1 saturated heterocycles. The van der Waals surface area contributed by atoms with Crippen molar-refractivity contribution >= 4 is 40.0 Å². The zero-order chi connectivity index (χ0) is 27.9. The van der Waals surface area contributed by atoms with E-state index < -0.39 is 29.3 Å². The summed E-state index contributed by atoms with van der Waals surface area (Å²) in [4.78, 5) is 48.3. The average molecular weight is 525 g/mol. The number of benzene rings is 2. The molecule has 39 heavy (non-hydrogen) atoms. The molecule has 3 atom stereocenters. The monoisotopic (exact) mass is 524 g/mol. The van der Waals surface area contributed by atoms with Gasteiger partial charge < -0.3 is 25.3 Å². The zero-order valence-corrected chi connectivity index (χ0v) is 21.9. The van der Waals surface area contributed by atoms with Gasteiger partial charge in [0.05, 0.1) is 25.2 Å². The molecular formula is C29H28N6O4. The van der Waals surface area contributed by atoms with Gasteiger partial charge in [-0.05, 0) is 42.2 Å². The topological polar surface area (TPSA) is 132 Å². The first-order valence-electron chi connectivity index (χ1n) is 12.7. The molecule has 3 heterocycles. The maximum atomic E-state index is 13.9. The van der Waals surface area contributed by atoms with Crippen LogP contribution in [0, 0.1) is 23.8 Å². The number of likely N-dealkylation sites (tertiary alicyclic amines) is 1. The molecule has 2 aliphatic heterocycles. The Morgan fingerprint density at radius 3 is 2.77 bits per heavy atom. The van der Waals surface area contributed by atoms with Crippen molar-refractivity contribution in [2.45, 2.75) is 44.2 Å². The molecule has 3 amide bonds. The first kappa shape index (κ1) is 25.8. The highest BCUT2D eigenvalue weighted by Crippen LogP contribution is 2.46. The molecule has 0 unspecified atom stereocenters. The van der Waals surface area contributed by atoms with Crippen LogP contribution in [0.2, 0.25) is 0 Å². The lowest BCUT2D eigenvalue weighted by Gasteiger charge is -2.28. The number of para-hydroxylation sites is 1. The minimum atomic E-state index is -1.01. The Bertz CT molecular complexity index is 1580. The molecule has 10 nitrogen and oxygen atoms in total. The smallest absolute Gasteiger partial charge is 0.268 e. The molecule has 1 aromatic heterocycles. The van der Waals surface area contributed by atoms with Gasteiger partial charge in [-0.15, -0.1) is 0 Å². The number of rotatable bonds is 6. The van der Waals surface area contributed by atoms with Crippen LogP contribution in [-0.2, 0) is 15.0 Å². The van der Waals surface area contributed by atoms with E-state index in [4.69, 9.17) is 11.3 Å². The van der Waals surface area contributed by atoms with Crippen LogP contribution in [0.25, 0.3) is 15.7 Å². The van der Waals surface area contributed by atoms with Crippen molar-refractivity contribution in [1.29, 1.82) is 5.26 Å². The van der Waals surface area contributed by atoms with Crippen molar-refractivity contribution in [3.05, 3.63) is 65.1 Å². The Morgan fingerprint density at radius 2 is 2.08 bits per heavy atom. The minimum absolute atomic E-state index is 0.0559. The van der Waals surface area contributed by atoms with Gasteiger partial charge >= 0.3 is 0 Å². The highest BCUT2D eigenvalue weighted by atomic mass is 16.5. The third-order valence-electron chi connectivity index (χ3n) is 7.50. The predicted molar refractivity (Wildman–Crippen MR) is 144 cm³/mol. The molecule has 0 radical (unpaired) electrons. The number of carbonyl (C=O) groups is 3. The second kappa shape index (κ2) is 9.80. The Kier molecular flexibility index (Phi) is 6.49. The van der Waals surface area contributed by atoms with Crippen molar-refractivity contribution in [2.75, 3.05) is 19.0 Å². The third-order valence-corrected chi connectivity index (χ3v) is 7.50. The summed E-state index contributed by atoms with van der Waals surface area (Å²) in [5, 5.41) is 16.3. The standard InChI is InChI=1S/C29H28N6O4/c1-16(2)9-24(33-26(36)23-12-19-22(32-23)10-17(31-3)11-25(19)39-4)27(37)35-15-29(13-18(35)14-30)20-7-5-6-8-21(20)34-28(29)38/h5-8,10-12,16,18,24,32H,9,13,15H2,1-2,4H3,(H,33,36)(H,34,38)/t18-,24-,29-/m0/s1. The molecule has 3 aromatic rings. The molecule has 1 spiro atoms. The SMILES string of the molecule is [C-]#[N+]c1cc(OC)c2cc(C(=O)N[C@@H](CC(C)C)C(=O)N3C[C@]4(C[C@H]3C#N)C(=O)Nc3ccccc34)[nH]c2c1. The van der Waals surface area contributed by atoms with E-state index in [0.29, 0.717) is 34.4 Å². The number of aromatic amines is 1. The number of methoxy groups -OCH3 is 1. The van der Waals surface area contributed by atoms with Crippen LogP contribution < -0.4 is 15.4 Å². The summed E-state index contributed by atoms with van der Waals surface area (Å²) >= 11 is 0. The van der Waals surface area contributed by atoms with Gasteiger partial charge in [0, 0.05) is 29.6 Å². The summed E-state index contributed by atoms with van der Waals surface area (Å²) in [5.41, 5.74) is 1.61. The van der Waals surface area contributed by atoms with Gasteiger partial charge in [-0.2, -0.15) is 5.26 Å². The quantitative estimate of drug-likeness (QED) is 0.421. The summed E-state index contributed by atoms with van der Waals surface area (Å²) in [7, 11) is 1.49. The van der Waals surface area contributed by atoms with Crippen LogP contribution in [0.5, 0.6) is 5.75 Å². The summed E-state index contributed by atoms with van der Waals surface area (Å²) in [6, 6.07) is 12.7. The number of nitrogens with zero attached hydrogens (tertiary/aromatic N) is 3. The number of fused-ring (bicyclic) bond motifs is 3. The lowest BCUT2D eigenvalue weighted by molar-refractivity contribution is -0.134. The second-order valence-electron chi connectivity index (χ2n) is 10.5. The van der Waals surface area contributed by atoms with Gasteiger partial charge in [-0.25, -0.2) is 4.85 Å². The fourth-order valence-corrected chi connectivity index (χ4v) is 5.66. The number of H-pyrrole nitrogens is 1. The predicted octanol–water partition coefficient (Wildman–Crippen LogP) is 3.89. The number of ether oxygens (including phenoxy) is 1. The van der Waals surface area contributed by atoms with Crippen LogP contribution in [0.3, 0.4) is 0 Å². The van der Waals surface area contributed by atoms with Crippen LogP contribution in [0.15, 0.2) is 42.5 Å². The number of nitriles is 1. The molecular weight excluding hydrogens is 496 g/mol. The van der Waals surface area contributed by atoms with Crippen molar-refractivity contribution in [1.82, 2.24) is 15.2 Å². The molecule has 198 valence electrons. The molecule has 2 aromatic carbocycles. The zero-order valence-electron chi connectivity index (χ0n) is 21.9.